The minimum atomic E-state index is -4.42. The molecule has 0 aromatic heterocycles. The van der Waals surface area contributed by atoms with Crippen molar-refractivity contribution in [2.24, 2.45) is 34.5 Å². The number of hydrogen-bond donors (Lipinski definition) is 1. The SMILES string of the molecule is C[C@]12CC[C@H]3[C@@H](CCC4NC(=O)C=C[C@@]43C)[C@@H]1CC[C@@H]2C(=O)CC(F)(F)F. The standard InChI is InChI=1S/C21H28F3NO2/c1-19-9-7-14-12(3-6-17-20(14,2)10-8-18(27)25-17)13(19)4-5-15(19)16(26)11-21(22,23)24/h8,10,12-15,17H,3-7,9,11H2,1-2H3,(H,25,27)/t12-,13-,14-,15+,17?,19-,20+/m0/s1. The number of carbonyl (C=O) groups excluding carboxylic acids is 2. The zero-order valence-electron chi connectivity index (χ0n) is 15.9. The zero-order chi connectivity index (χ0) is 19.6. The van der Waals surface area contributed by atoms with Gasteiger partial charge in [0.25, 0.3) is 0 Å². The van der Waals surface area contributed by atoms with E-state index in [1.54, 1.807) is 6.08 Å². The van der Waals surface area contributed by atoms with Crippen LogP contribution >= 0.6 is 0 Å². The Balaban J connectivity index is 1.58. The van der Waals surface area contributed by atoms with E-state index in [1.165, 1.54) is 0 Å². The van der Waals surface area contributed by atoms with Gasteiger partial charge in [-0.25, -0.2) is 0 Å². The Morgan fingerprint density at radius 3 is 2.59 bits per heavy atom. The van der Waals surface area contributed by atoms with Crippen LogP contribution in [0.5, 0.6) is 0 Å². The number of nitrogens with one attached hydrogen (secondary N) is 1. The molecule has 4 aliphatic rings. The maximum absolute atomic E-state index is 12.8. The fourth-order valence-corrected chi connectivity index (χ4v) is 7.18. The number of carbonyl (C=O) groups is 2. The predicted molar refractivity (Wildman–Crippen MR) is 94.6 cm³/mol. The summed E-state index contributed by atoms with van der Waals surface area (Å²) in [7, 11) is 0. The topological polar surface area (TPSA) is 46.2 Å². The van der Waals surface area contributed by atoms with E-state index in [2.05, 4.69) is 25.2 Å². The second-order valence-corrected chi connectivity index (χ2v) is 9.65. The minimum absolute atomic E-state index is 0.0322. The van der Waals surface area contributed by atoms with Gasteiger partial charge in [-0.3, -0.25) is 9.59 Å². The fraction of sp³-hybridized carbons (Fsp3) is 0.810. The van der Waals surface area contributed by atoms with Crippen molar-refractivity contribution in [2.45, 2.75) is 71.0 Å². The Morgan fingerprint density at radius 2 is 1.89 bits per heavy atom. The Bertz CT molecular complexity index is 687. The van der Waals surface area contributed by atoms with Gasteiger partial charge in [0.15, 0.2) is 0 Å². The lowest BCUT2D eigenvalue weighted by molar-refractivity contribution is -0.159. The van der Waals surface area contributed by atoms with E-state index in [-0.39, 0.29) is 22.8 Å². The summed E-state index contributed by atoms with van der Waals surface area (Å²) in [6.45, 7) is 4.28. The molecule has 27 heavy (non-hydrogen) atoms. The van der Waals surface area contributed by atoms with E-state index in [0.29, 0.717) is 24.2 Å². The molecule has 1 unspecified atom stereocenters. The summed E-state index contributed by atoms with van der Waals surface area (Å²) in [4.78, 5) is 24.2. The first-order chi connectivity index (χ1) is 12.5. The highest BCUT2D eigenvalue weighted by atomic mass is 19.4. The number of halogens is 3. The van der Waals surface area contributed by atoms with Crippen molar-refractivity contribution in [1.29, 1.82) is 0 Å². The summed E-state index contributed by atoms with van der Waals surface area (Å²) in [5, 5.41) is 3.11. The predicted octanol–water partition coefficient (Wildman–Crippen LogP) is 4.42. The van der Waals surface area contributed by atoms with Crippen LogP contribution in [0.3, 0.4) is 0 Å². The van der Waals surface area contributed by atoms with Crippen molar-refractivity contribution in [1.82, 2.24) is 5.32 Å². The lowest BCUT2D eigenvalue weighted by Gasteiger charge is -2.58. The molecule has 0 spiro atoms. The van der Waals surface area contributed by atoms with Crippen LogP contribution in [0.25, 0.3) is 0 Å². The molecule has 6 heteroatoms. The van der Waals surface area contributed by atoms with Gasteiger partial charge < -0.3 is 5.32 Å². The van der Waals surface area contributed by atoms with Crippen molar-refractivity contribution in [3.63, 3.8) is 0 Å². The number of amides is 1. The van der Waals surface area contributed by atoms with Crippen LogP contribution in [-0.4, -0.2) is 23.9 Å². The highest BCUT2D eigenvalue weighted by Gasteiger charge is 2.61. The highest BCUT2D eigenvalue weighted by molar-refractivity contribution is 5.89. The van der Waals surface area contributed by atoms with Crippen LogP contribution in [0, 0.1) is 34.5 Å². The summed E-state index contributed by atoms with van der Waals surface area (Å²) in [6, 6.07) is 0.143. The van der Waals surface area contributed by atoms with Gasteiger partial charge in [-0.05, 0) is 67.8 Å². The monoisotopic (exact) mass is 383 g/mol. The smallest absolute Gasteiger partial charge is 0.349 e. The molecule has 1 aliphatic heterocycles. The molecule has 7 atom stereocenters. The van der Waals surface area contributed by atoms with E-state index in [1.807, 2.05) is 0 Å². The van der Waals surface area contributed by atoms with Gasteiger partial charge in [0.05, 0.1) is 0 Å². The molecule has 3 fully saturated rings. The van der Waals surface area contributed by atoms with Crippen molar-refractivity contribution in [2.75, 3.05) is 0 Å². The molecule has 1 amide bonds. The largest absolute Gasteiger partial charge is 0.395 e. The molecular formula is C21H28F3NO2. The average molecular weight is 383 g/mol. The summed E-state index contributed by atoms with van der Waals surface area (Å²) in [5.41, 5.74) is -0.402. The molecule has 4 rings (SSSR count). The Labute approximate surface area is 158 Å². The van der Waals surface area contributed by atoms with Gasteiger partial charge in [-0.2, -0.15) is 13.2 Å². The molecule has 0 aromatic carbocycles. The van der Waals surface area contributed by atoms with Gasteiger partial charge >= 0.3 is 6.18 Å². The molecule has 0 radical (unpaired) electrons. The van der Waals surface area contributed by atoms with E-state index in [9.17, 15) is 22.8 Å². The normalized spacial score (nSPS) is 46.3. The van der Waals surface area contributed by atoms with Crippen LogP contribution in [-0.2, 0) is 9.59 Å². The minimum Gasteiger partial charge on any atom is -0.349 e. The summed E-state index contributed by atoms with van der Waals surface area (Å²) in [5.74, 6) is 0.0429. The lowest BCUT2D eigenvalue weighted by atomic mass is 9.47. The van der Waals surface area contributed by atoms with Crippen LogP contribution in [0.4, 0.5) is 13.2 Å². The maximum Gasteiger partial charge on any atom is 0.395 e. The third-order valence-corrected chi connectivity index (χ3v) is 8.45. The van der Waals surface area contributed by atoms with Crippen molar-refractivity contribution >= 4 is 11.7 Å². The van der Waals surface area contributed by atoms with Gasteiger partial charge in [-0.15, -0.1) is 0 Å². The van der Waals surface area contributed by atoms with Gasteiger partial charge in [0.1, 0.15) is 12.2 Å². The summed E-state index contributed by atoms with van der Waals surface area (Å²) >= 11 is 0. The fourth-order valence-electron chi connectivity index (χ4n) is 7.18. The molecular weight excluding hydrogens is 355 g/mol. The zero-order valence-corrected chi connectivity index (χ0v) is 15.9. The number of alkyl halides is 3. The van der Waals surface area contributed by atoms with Crippen molar-refractivity contribution < 1.29 is 22.8 Å². The summed E-state index contributed by atoms with van der Waals surface area (Å²) in [6.07, 6.45) is 3.05. The van der Waals surface area contributed by atoms with E-state index in [4.69, 9.17) is 0 Å². The second kappa shape index (κ2) is 6.08. The first kappa shape index (κ1) is 19.0. The molecule has 150 valence electrons. The number of hydrogen-bond acceptors (Lipinski definition) is 2. The van der Waals surface area contributed by atoms with Crippen molar-refractivity contribution in [3.8, 4) is 0 Å². The Hall–Kier alpha value is -1.33. The number of ketones is 1. The van der Waals surface area contributed by atoms with Gasteiger partial charge in [0, 0.05) is 17.4 Å². The number of fused-ring (bicyclic) bond motifs is 5. The van der Waals surface area contributed by atoms with Crippen molar-refractivity contribution in [3.05, 3.63) is 12.2 Å². The first-order valence-electron chi connectivity index (χ1n) is 10.1. The molecule has 0 aromatic rings. The highest BCUT2D eigenvalue weighted by Crippen LogP contribution is 2.65. The second-order valence-electron chi connectivity index (χ2n) is 9.65. The summed E-state index contributed by atoms with van der Waals surface area (Å²) < 4.78 is 38.3. The average Bonchev–Trinajstić information content (AvgIpc) is 2.91. The third-order valence-electron chi connectivity index (χ3n) is 8.45. The van der Waals surface area contributed by atoms with Crippen LogP contribution in [0.15, 0.2) is 12.2 Å². The Morgan fingerprint density at radius 1 is 1.15 bits per heavy atom. The molecule has 1 heterocycles. The van der Waals surface area contributed by atoms with Gasteiger partial charge in [0.2, 0.25) is 5.91 Å². The maximum atomic E-state index is 12.8. The quantitative estimate of drug-likeness (QED) is 0.767. The molecule has 1 N–H and O–H groups in total. The van der Waals surface area contributed by atoms with E-state index in [0.717, 1.165) is 32.1 Å². The molecule has 0 bridgehead atoms. The van der Waals surface area contributed by atoms with Crippen LogP contribution in [0.1, 0.15) is 58.8 Å². The van der Waals surface area contributed by atoms with Crippen LogP contribution in [0.2, 0.25) is 0 Å². The first-order valence-corrected chi connectivity index (χ1v) is 10.1. The molecule has 3 saturated carbocycles. The molecule has 3 nitrogen and oxygen atoms in total. The lowest BCUT2D eigenvalue weighted by Crippen LogP contribution is -2.59. The van der Waals surface area contributed by atoms with E-state index < -0.39 is 24.3 Å². The van der Waals surface area contributed by atoms with Gasteiger partial charge in [-0.1, -0.05) is 19.9 Å². The van der Waals surface area contributed by atoms with E-state index >= 15 is 0 Å². The molecule has 3 aliphatic carbocycles. The van der Waals surface area contributed by atoms with Crippen LogP contribution < -0.4 is 5.32 Å². The number of Topliss-reactive ketones (excluding diaryl/α,β-unsaturated/α-hetero) is 1. The Kier molecular flexibility index (Phi) is 4.28. The number of rotatable bonds is 2. The third kappa shape index (κ3) is 2.94. The molecule has 0 saturated heterocycles.